The third-order valence-electron chi connectivity index (χ3n) is 3.83. The van der Waals surface area contributed by atoms with Crippen molar-refractivity contribution < 1.29 is 15.0 Å². The molecule has 0 aliphatic carbocycles. The van der Waals surface area contributed by atoms with E-state index in [4.69, 9.17) is 0 Å². The Morgan fingerprint density at radius 2 is 1.72 bits per heavy atom. The summed E-state index contributed by atoms with van der Waals surface area (Å²) < 4.78 is 0. The van der Waals surface area contributed by atoms with Crippen molar-refractivity contribution in [1.82, 2.24) is 4.90 Å². The second kappa shape index (κ2) is 4.98. The average molecular weight is 249 g/mol. The van der Waals surface area contributed by atoms with Gasteiger partial charge in [0, 0.05) is 0 Å². The Labute approximate surface area is 107 Å². The van der Waals surface area contributed by atoms with Gasteiger partial charge in [-0.2, -0.15) is 0 Å². The molecule has 18 heavy (non-hydrogen) atoms. The fraction of sp³-hybridized carbons (Fsp3) is 0.500. The minimum Gasteiger partial charge on any atom is -0.508 e. The van der Waals surface area contributed by atoms with Crippen molar-refractivity contribution in [3.8, 4) is 5.75 Å². The maximum atomic E-state index is 11.7. The number of aromatic hydroxyl groups is 1. The van der Waals surface area contributed by atoms with Crippen molar-refractivity contribution >= 4 is 5.97 Å². The monoisotopic (exact) mass is 249 g/mol. The molecule has 0 bridgehead atoms. The Hall–Kier alpha value is -1.55. The SMILES string of the molecule is CC(C(=O)O)(c1ccc(O)cc1)N1CCCCC1. The lowest BCUT2D eigenvalue weighted by Gasteiger charge is -2.40. The second-order valence-electron chi connectivity index (χ2n) is 4.97. The Bertz CT molecular complexity index is 423. The van der Waals surface area contributed by atoms with Gasteiger partial charge in [0.25, 0.3) is 0 Å². The van der Waals surface area contributed by atoms with Gasteiger partial charge >= 0.3 is 5.97 Å². The lowest BCUT2D eigenvalue weighted by molar-refractivity contribution is -0.152. The van der Waals surface area contributed by atoms with Crippen molar-refractivity contribution in [3.05, 3.63) is 29.8 Å². The van der Waals surface area contributed by atoms with Crippen LogP contribution in [-0.4, -0.2) is 34.2 Å². The van der Waals surface area contributed by atoms with Gasteiger partial charge < -0.3 is 10.2 Å². The van der Waals surface area contributed by atoms with Crippen LogP contribution in [0.2, 0.25) is 0 Å². The molecule has 1 heterocycles. The molecule has 0 amide bonds. The van der Waals surface area contributed by atoms with Crippen LogP contribution in [0.25, 0.3) is 0 Å². The molecule has 1 saturated heterocycles. The number of carboxylic acid groups (broad SMARTS) is 1. The van der Waals surface area contributed by atoms with Crippen molar-refractivity contribution in [1.29, 1.82) is 0 Å². The number of piperidine rings is 1. The summed E-state index contributed by atoms with van der Waals surface area (Å²) in [7, 11) is 0. The third-order valence-corrected chi connectivity index (χ3v) is 3.83. The van der Waals surface area contributed by atoms with E-state index in [9.17, 15) is 15.0 Å². The largest absolute Gasteiger partial charge is 0.508 e. The van der Waals surface area contributed by atoms with Crippen LogP contribution in [0.5, 0.6) is 5.75 Å². The van der Waals surface area contributed by atoms with E-state index < -0.39 is 11.5 Å². The Morgan fingerprint density at radius 1 is 1.17 bits per heavy atom. The standard InChI is InChI=1S/C14H19NO3/c1-14(13(17)18,15-9-3-2-4-10-15)11-5-7-12(16)8-6-11/h5-8,16H,2-4,9-10H2,1H3,(H,17,18). The van der Waals surface area contributed by atoms with Gasteiger partial charge in [0.2, 0.25) is 0 Å². The van der Waals surface area contributed by atoms with Gasteiger partial charge in [-0.15, -0.1) is 0 Å². The Balaban J connectivity index is 2.36. The van der Waals surface area contributed by atoms with Crippen molar-refractivity contribution in [2.45, 2.75) is 31.7 Å². The zero-order chi connectivity index (χ0) is 13.2. The predicted octanol–water partition coefficient (Wildman–Crippen LogP) is 2.18. The Kier molecular flexibility index (Phi) is 3.57. The number of hydrogen-bond donors (Lipinski definition) is 2. The summed E-state index contributed by atoms with van der Waals surface area (Å²) in [5, 5.41) is 18.9. The van der Waals surface area contributed by atoms with E-state index in [0.29, 0.717) is 0 Å². The third kappa shape index (κ3) is 2.20. The predicted molar refractivity (Wildman–Crippen MR) is 68.5 cm³/mol. The fourth-order valence-corrected chi connectivity index (χ4v) is 2.57. The first-order chi connectivity index (χ1) is 8.55. The van der Waals surface area contributed by atoms with Crippen molar-refractivity contribution in [2.75, 3.05) is 13.1 Å². The molecule has 4 heteroatoms. The minimum atomic E-state index is -1.01. The van der Waals surface area contributed by atoms with E-state index in [1.807, 2.05) is 4.90 Å². The normalized spacial score (nSPS) is 20.3. The summed E-state index contributed by atoms with van der Waals surface area (Å²) in [5.41, 5.74) is -0.289. The molecule has 1 aromatic carbocycles. The van der Waals surface area contributed by atoms with E-state index >= 15 is 0 Å². The maximum Gasteiger partial charge on any atom is 0.328 e. The number of carboxylic acids is 1. The fourth-order valence-electron chi connectivity index (χ4n) is 2.57. The summed E-state index contributed by atoms with van der Waals surface area (Å²) in [6, 6.07) is 6.47. The van der Waals surface area contributed by atoms with E-state index in [2.05, 4.69) is 0 Å². The first-order valence-electron chi connectivity index (χ1n) is 6.33. The quantitative estimate of drug-likeness (QED) is 0.862. The topological polar surface area (TPSA) is 60.8 Å². The minimum absolute atomic E-state index is 0.158. The first kappa shape index (κ1) is 12.9. The molecular weight excluding hydrogens is 230 g/mol. The van der Waals surface area contributed by atoms with Crippen LogP contribution in [-0.2, 0) is 10.3 Å². The summed E-state index contributed by atoms with van der Waals surface area (Å²) in [4.78, 5) is 13.7. The first-order valence-corrected chi connectivity index (χ1v) is 6.33. The van der Waals surface area contributed by atoms with Crippen LogP contribution in [0.4, 0.5) is 0 Å². The molecule has 2 rings (SSSR count). The maximum absolute atomic E-state index is 11.7. The van der Waals surface area contributed by atoms with Crippen LogP contribution in [0.3, 0.4) is 0 Å². The Morgan fingerprint density at radius 3 is 2.22 bits per heavy atom. The summed E-state index contributed by atoms with van der Waals surface area (Å²) in [6.07, 6.45) is 3.25. The molecule has 4 nitrogen and oxygen atoms in total. The van der Waals surface area contributed by atoms with Gasteiger partial charge in [0.1, 0.15) is 11.3 Å². The van der Waals surface area contributed by atoms with Crippen LogP contribution in [0.1, 0.15) is 31.7 Å². The number of nitrogens with zero attached hydrogens (tertiary/aromatic N) is 1. The van der Waals surface area contributed by atoms with Gasteiger partial charge in [0.15, 0.2) is 0 Å². The molecule has 1 aliphatic heterocycles. The molecule has 98 valence electrons. The summed E-state index contributed by atoms with van der Waals surface area (Å²) in [5.74, 6) is -0.680. The van der Waals surface area contributed by atoms with E-state index in [0.717, 1.165) is 31.5 Å². The summed E-state index contributed by atoms with van der Waals surface area (Å²) >= 11 is 0. The number of hydrogen-bond acceptors (Lipinski definition) is 3. The average Bonchev–Trinajstić information content (AvgIpc) is 2.39. The van der Waals surface area contributed by atoms with Crippen LogP contribution in [0.15, 0.2) is 24.3 Å². The molecular formula is C14H19NO3. The highest BCUT2D eigenvalue weighted by Gasteiger charge is 2.41. The molecule has 2 N–H and O–H groups in total. The molecule has 0 saturated carbocycles. The number of benzene rings is 1. The highest BCUT2D eigenvalue weighted by molar-refractivity contribution is 5.80. The zero-order valence-electron chi connectivity index (χ0n) is 10.6. The van der Waals surface area contributed by atoms with Crippen LogP contribution >= 0.6 is 0 Å². The lowest BCUT2D eigenvalue weighted by Crippen LogP contribution is -2.51. The summed E-state index contributed by atoms with van der Waals surface area (Å²) in [6.45, 7) is 3.36. The molecule has 1 aromatic rings. The second-order valence-corrected chi connectivity index (χ2v) is 4.97. The highest BCUT2D eigenvalue weighted by Crippen LogP contribution is 2.32. The van der Waals surface area contributed by atoms with Crippen LogP contribution < -0.4 is 0 Å². The number of aliphatic carboxylic acids is 1. The van der Waals surface area contributed by atoms with Gasteiger partial charge in [-0.1, -0.05) is 18.6 Å². The lowest BCUT2D eigenvalue weighted by atomic mass is 9.88. The molecule has 0 spiro atoms. The smallest absolute Gasteiger partial charge is 0.328 e. The van der Waals surface area contributed by atoms with Gasteiger partial charge in [0.05, 0.1) is 0 Å². The van der Waals surface area contributed by atoms with Crippen molar-refractivity contribution in [2.24, 2.45) is 0 Å². The molecule has 1 atom stereocenters. The molecule has 1 aliphatic rings. The number of carbonyl (C=O) groups is 1. The number of phenols is 1. The molecule has 0 radical (unpaired) electrons. The van der Waals surface area contributed by atoms with E-state index in [-0.39, 0.29) is 5.75 Å². The number of phenolic OH excluding ortho intramolecular Hbond substituents is 1. The number of rotatable bonds is 3. The molecule has 1 unspecified atom stereocenters. The zero-order valence-corrected chi connectivity index (χ0v) is 10.6. The van der Waals surface area contributed by atoms with E-state index in [1.54, 1.807) is 31.2 Å². The van der Waals surface area contributed by atoms with Gasteiger partial charge in [-0.25, -0.2) is 4.79 Å². The molecule has 1 fully saturated rings. The van der Waals surface area contributed by atoms with Crippen LogP contribution in [0, 0.1) is 0 Å². The molecule has 0 aromatic heterocycles. The van der Waals surface area contributed by atoms with Gasteiger partial charge in [-0.3, -0.25) is 4.90 Å². The number of likely N-dealkylation sites (tertiary alicyclic amines) is 1. The highest BCUT2D eigenvalue weighted by atomic mass is 16.4. The van der Waals surface area contributed by atoms with Gasteiger partial charge in [-0.05, 0) is 50.6 Å². The van der Waals surface area contributed by atoms with E-state index in [1.165, 1.54) is 6.42 Å². The van der Waals surface area contributed by atoms with Crippen molar-refractivity contribution in [3.63, 3.8) is 0 Å².